The topological polar surface area (TPSA) is 52.6 Å². The second-order valence-corrected chi connectivity index (χ2v) is 5.77. The number of hydrogen-bond donors (Lipinski definition) is 0. The molecule has 4 heteroatoms. The van der Waals surface area contributed by atoms with Gasteiger partial charge in [-0.3, -0.25) is 9.59 Å². The second-order valence-electron chi connectivity index (χ2n) is 5.77. The minimum Gasteiger partial charge on any atom is -0.465 e. The van der Waals surface area contributed by atoms with Crippen molar-refractivity contribution in [2.45, 2.75) is 46.5 Å². The zero-order valence-electron chi connectivity index (χ0n) is 13.2. The van der Waals surface area contributed by atoms with E-state index in [4.69, 9.17) is 9.47 Å². The highest BCUT2D eigenvalue weighted by atomic mass is 16.5. The van der Waals surface area contributed by atoms with E-state index in [9.17, 15) is 9.59 Å². The first-order valence-electron chi connectivity index (χ1n) is 7.34. The number of carbonyl (C=O) groups is 2. The Hall–Kier alpha value is -1.84. The molecular weight excluding hydrogens is 268 g/mol. The van der Waals surface area contributed by atoms with Gasteiger partial charge in [-0.25, -0.2) is 0 Å². The number of rotatable bonds is 7. The Bertz CT molecular complexity index is 460. The van der Waals surface area contributed by atoms with Crippen LogP contribution in [-0.2, 0) is 14.3 Å². The summed E-state index contributed by atoms with van der Waals surface area (Å²) < 4.78 is 10.2. The van der Waals surface area contributed by atoms with Gasteiger partial charge in [0.15, 0.2) is 0 Å². The van der Waals surface area contributed by atoms with Crippen molar-refractivity contribution in [2.24, 2.45) is 5.92 Å². The van der Waals surface area contributed by atoms with Gasteiger partial charge in [-0.05, 0) is 29.5 Å². The van der Waals surface area contributed by atoms with Crippen molar-refractivity contribution in [1.82, 2.24) is 0 Å². The van der Waals surface area contributed by atoms with Gasteiger partial charge in [0.2, 0.25) is 0 Å². The maximum absolute atomic E-state index is 11.6. The molecule has 0 aliphatic heterocycles. The van der Waals surface area contributed by atoms with Crippen LogP contribution >= 0.6 is 0 Å². The van der Waals surface area contributed by atoms with Gasteiger partial charge in [0.1, 0.15) is 5.75 Å². The smallest absolute Gasteiger partial charge is 0.311 e. The number of ether oxygens (including phenoxy) is 2. The van der Waals surface area contributed by atoms with Gasteiger partial charge >= 0.3 is 11.9 Å². The summed E-state index contributed by atoms with van der Waals surface area (Å²) in [7, 11) is 0. The maximum Gasteiger partial charge on any atom is 0.311 e. The predicted octanol–water partition coefficient (Wildman–Crippen LogP) is 3.69. The van der Waals surface area contributed by atoms with Gasteiger partial charge in [0.05, 0.1) is 19.4 Å². The van der Waals surface area contributed by atoms with Crippen LogP contribution in [0, 0.1) is 5.92 Å². The fourth-order valence-electron chi connectivity index (χ4n) is 1.64. The summed E-state index contributed by atoms with van der Waals surface area (Å²) in [5.41, 5.74) is 1.19. The molecule has 1 rings (SSSR count). The Balaban J connectivity index is 2.35. The van der Waals surface area contributed by atoms with Crippen molar-refractivity contribution in [1.29, 1.82) is 0 Å². The van der Waals surface area contributed by atoms with Crippen molar-refractivity contribution in [3.63, 3.8) is 0 Å². The van der Waals surface area contributed by atoms with Gasteiger partial charge in [-0.15, -0.1) is 0 Å². The molecule has 0 bridgehead atoms. The fourth-order valence-corrected chi connectivity index (χ4v) is 1.64. The highest BCUT2D eigenvalue weighted by molar-refractivity contribution is 5.79. The first-order valence-corrected chi connectivity index (χ1v) is 7.34. The number of benzene rings is 1. The average Bonchev–Trinajstić information content (AvgIpc) is 2.43. The quantitative estimate of drug-likeness (QED) is 0.568. The fraction of sp³-hybridized carbons (Fsp3) is 0.529. The monoisotopic (exact) mass is 292 g/mol. The first-order chi connectivity index (χ1) is 9.88. The third kappa shape index (κ3) is 6.93. The minimum atomic E-state index is -0.422. The highest BCUT2D eigenvalue weighted by Crippen LogP contribution is 2.19. The highest BCUT2D eigenvalue weighted by Gasteiger charge is 2.11. The van der Waals surface area contributed by atoms with Crippen molar-refractivity contribution >= 4 is 11.9 Å². The van der Waals surface area contributed by atoms with Gasteiger partial charge in [-0.2, -0.15) is 0 Å². The number of carbonyl (C=O) groups excluding carboxylic acids is 2. The zero-order valence-corrected chi connectivity index (χ0v) is 13.2. The van der Waals surface area contributed by atoms with E-state index in [1.165, 1.54) is 5.56 Å². The van der Waals surface area contributed by atoms with E-state index in [1.807, 2.05) is 26.0 Å². The van der Waals surface area contributed by atoms with Crippen molar-refractivity contribution < 1.29 is 19.1 Å². The molecule has 0 aromatic heterocycles. The molecule has 0 spiro atoms. The van der Waals surface area contributed by atoms with Crippen LogP contribution in [0.5, 0.6) is 5.75 Å². The third-order valence-corrected chi connectivity index (χ3v) is 2.89. The lowest BCUT2D eigenvalue weighted by Crippen LogP contribution is -2.14. The van der Waals surface area contributed by atoms with E-state index in [0.717, 1.165) is 0 Å². The first kappa shape index (κ1) is 17.2. The molecule has 0 aliphatic rings. The Morgan fingerprint density at radius 3 is 2.05 bits per heavy atom. The summed E-state index contributed by atoms with van der Waals surface area (Å²) in [6.07, 6.45) is 0.0818. The summed E-state index contributed by atoms with van der Waals surface area (Å²) in [6.45, 7) is 8.50. The molecule has 0 saturated carbocycles. The van der Waals surface area contributed by atoms with E-state index in [-0.39, 0.29) is 18.8 Å². The lowest BCUT2D eigenvalue weighted by Gasteiger charge is -2.08. The van der Waals surface area contributed by atoms with Gasteiger partial charge in [0, 0.05) is 0 Å². The van der Waals surface area contributed by atoms with Crippen molar-refractivity contribution in [3.05, 3.63) is 29.8 Å². The molecule has 1 aromatic rings. The molecule has 0 atom stereocenters. The van der Waals surface area contributed by atoms with Gasteiger partial charge in [0.25, 0.3) is 0 Å². The Morgan fingerprint density at radius 2 is 1.52 bits per heavy atom. The van der Waals surface area contributed by atoms with Crippen LogP contribution in [0.3, 0.4) is 0 Å². The Labute approximate surface area is 126 Å². The summed E-state index contributed by atoms with van der Waals surface area (Å²) in [5.74, 6) is 0.440. The molecule has 4 nitrogen and oxygen atoms in total. The van der Waals surface area contributed by atoms with Crippen LogP contribution in [0.1, 0.15) is 52.0 Å². The molecular formula is C17H24O4. The van der Waals surface area contributed by atoms with E-state index in [1.54, 1.807) is 12.1 Å². The molecule has 0 radical (unpaired) electrons. The second kappa shape index (κ2) is 8.45. The molecule has 0 saturated heterocycles. The normalized spacial score (nSPS) is 10.8. The van der Waals surface area contributed by atoms with E-state index in [0.29, 0.717) is 24.2 Å². The molecule has 1 aromatic carbocycles. The predicted molar refractivity (Wildman–Crippen MR) is 81.2 cm³/mol. The van der Waals surface area contributed by atoms with Crippen LogP contribution in [-0.4, -0.2) is 18.5 Å². The van der Waals surface area contributed by atoms with E-state index in [2.05, 4.69) is 13.8 Å². The molecule has 116 valence electrons. The molecule has 0 fully saturated rings. The molecule has 0 amide bonds. The number of hydrogen-bond acceptors (Lipinski definition) is 4. The van der Waals surface area contributed by atoms with Gasteiger partial charge < -0.3 is 9.47 Å². The molecule has 0 unspecified atom stereocenters. The van der Waals surface area contributed by atoms with Gasteiger partial charge in [-0.1, -0.05) is 39.8 Å². The van der Waals surface area contributed by atoms with Crippen LogP contribution in [0.2, 0.25) is 0 Å². The van der Waals surface area contributed by atoms with Crippen LogP contribution in [0.4, 0.5) is 0 Å². The minimum absolute atomic E-state index is 0.0306. The maximum atomic E-state index is 11.6. The largest absolute Gasteiger partial charge is 0.465 e. The summed E-state index contributed by atoms with van der Waals surface area (Å²) >= 11 is 0. The Kier molecular flexibility index (Phi) is 6.92. The lowest BCUT2D eigenvalue weighted by atomic mass is 10.0. The summed E-state index contributed by atoms with van der Waals surface area (Å²) in [4.78, 5) is 23.0. The molecule has 0 aliphatic carbocycles. The van der Waals surface area contributed by atoms with Crippen LogP contribution in [0.15, 0.2) is 24.3 Å². The Morgan fingerprint density at radius 1 is 0.952 bits per heavy atom. The molecule has 0 heterocycles. The zero-order chi connectivity index (χ0) is 15.8. The van der Waals surface area contributed by atoms with Crippen LogP contribution < -0.4 is 4.74 Å². The average molecular weight is 292 g/mol. The van der Waals surface area contributed by atoms with E-state index >= 15 is 0 Å². The molecule has 0 N–H and O–H groups in total. The summed E-state index contributed by atoms with van der Waals surface area (Å²) in [5, 5.41) is 0. The van der Waals surface area contributed by atoms with Crippen molar-refractivity contribution in [2.75, 3.05) is 6.61 Å². The number of esters is 2. The van der Waals surface area contributed by atoms with E-state index < -0.39 is 5.97 Å². The summed E-state index contributed by atoms with van der Waals surface area (Å²) in [6, 6.07) is 7.41. The molecule has 21 heavy (non-hydrogen) atoms. The lowest BCUT2D eigenvalue weighted by molar-refractivity contribution is -0.147. The standard InChI is InChI=1S/C17H24O4/c1-12(2)11-20-16(18)9-10-17(19)21-15-7-5-14(6-8-15)13(3)4/h5-8,12-13H,9-11H2,1-4H3. The SMILES string of the molecule is CC(C)COC(=O)CCC(=O)Oc1ccc(C(C)C)cc1. The third-order valence-electron chi connectivity index (χ3n) is 2.89. The van der Waals surface area contributed by atoms with Crippen molar-refractivity contribution in [3.8, 4) is 5.75 Å². The van der Waals surface area contributed by atoms with Crippen LogP contribution in [0.25, 0.3) is 0 Å².